The van der Waals surface area contributed by atoms with Gasteiger partial charge < -0.3 is 0 Å². The lowest BCUT2D eigenvalue weighted by atomic mass is 10.2. The maximum Gasteiger partial charge on any atom is 0.162 e. The van der Waals surface area contributed by atoms with Crippen molar-refractivity contribution in [2.45, 2.75) is 24.8 Å². The van der Waals surface area contributed by atoms with Crippen molar-refractivity contribution in [3.05, 3.63) is 41.6 Å². The molecule has 2 nitrogen and oxygen atoms in total. The molecule has 0 unspecified atom stereocenters. The van der Waals surface area contributed by atoms with Gasteiger partial charge >= 0.3 is 0 Å². The van der Waals surface area contributed by atoms with Crippen LogP contribution < -0.4 is 0 Å². The highest BCUT2D eigenvalue weighted by molar-refractivity contribution is 7.99. The van der Waals surface area contributed by atoms with E-state index in [1.165, 1.54) is 12.8 Å². The molecule has 0 fully saturated rings. The van der Waals surface area contributed by atoms with Crippen LogP contribution in [0.25, 0.3) is 11.4 Å². The Balaban J connectivity index is 2.21. The topological polar surface area (TPSA) is 25.8 Å². The van der Waals surface area contributed by atoms with E-state index in [1.807, 2.05) is 36.4 Å². The number of nitrogens with zero attached hydrogens (tertiary/aromatic N) is 2. The van der Waals surface area contributed by atoms with E-state index in [9.17, 15) is 0 Å². The van der Waals surface area contributed by atoms with Gasteiger partial charge in [0.05, 0.1) is 0 Å². The smallest absolute Gasteiger partial charge is 0.162 e. The molecule has 2 rings (SSSR count). The van der Waals surface area contributed by atoms with Gasteiger partial charge in [0.1, 0.15) is 10.2 Å². The minimum atomic E-state index is 0.503. The molecule has 0 aliphatic carbocycles. The van der Waals surface area contributed by atoms with Crippen LogP contribution in [0.3, 0.4) is 0 Å². The summed E-state index contributed by atoms with van der Waals surface area (Å²) < 4.78 is 0. The van der Waals surface area contributed by atoms with Gasteiger partial charge in [-0.3, -0.25) is 0 Å². The average Bonchev–Trinajstić information content (AvgIpc) is 2.39. The first-order valence-electron chi connectivity index (χ1n) is 6.02. The van der Waals surface area contributed by atoms with Crippen molar-refractivity contribution in [2.75, 3.05) is 5.75 Å². The van der Waals surface area contributed by atoms with Crippen molar-refractivity contribution in [1.82, 2.24) is 9.97 Å². The summed E-state index contributed by atoms with van der Waals surface area (Å²) in [5.41, 5.74) is 0.998. The molecular formula is C14H15ClN2S. The van der Waals surface area contributed by atoms with Crippen LogP contribution in [0.2, 0.25) is 5.15 Å². The molecule has 1 aromatic heterocycles. The fourth-order valence-electron chi connectivity index (χ4n) is 1.51. The fraction of sp³-hybridized carbons (Fsp3) is 0.286. The Bertz CT molecular complexity index is 502. The Hall–Kier alpha value is -1.06. The molecule has 0 saturated carbocycles. The minimum Gasteiger partial charge on any atom is -0.222 e. The first kappa shape index (κ1) is 13.4. The molecule has 94 valence electrons. The van der Waals surface area contributed by atoms with Gasteiger partial charge in [-0.25, -0.2) is 9.97 Å². The normalized spacial score (nSPS) is 10.6. The predicted molar refractivity (Wildman–Crippen MR) is 78.1 cm³/mol. The molecule has 0 bridgehead atoms. The largest absolute Gasteiger partial charge is 0.222 e. The van der Waals surface area contributed by atoms with E-state index < -0.39 is 0 Å². The van der Waals surface area contributed by atoms with Crippen LogP contribution in [-0.4, -0.2) is 15.7 Å². The fourth-order valence-corrected chi connectivity index (χ4v) is 2.74. The van der Waals surface area contributed by atoms with Gasteiger partial charge in [0, 0.05) is 11.6 Å². The summed E-state index contributed by atoms with van der Waals surface area (Å²) in [6, 6.07) is 11.7. The summed E-state index contributed by atoms with van der Waals surface area (Å²) in [5.74, 6) is 1.76. The third-order valence-corrected chi connectivity index (χ3v) is 3.64. The first-order valence-corrected chi connectivity index (χ1v) is 7.38. The molecule has 0 radical (unpaired) electrons. The van der Waals surface area contributed by atoms with Crippen LogP contribution in [0.1, 0.15) is 19.8 Å². The van der Waals surface area contributed by atoms with E-state index in [-0.39, 0.29) is 0 Å². The second-order valence-corrected chi connectivity index (χ2v) is 5.42. The molecule has 0 spiro atoms. The second-order valence-electron chi connectivity index (χ2n) is 3.92. The monoisotopic (exact) mass is 278 g/mol. The standard InChI is InChI=1S/C14H15ClN2S/c1-2-3-9-18-13-10-12(15)16-14(17-13)11-7-5-4-6-8-11/h4-8,10H,2-3,9H2,1H3. The minimum absolute atomic E-state index is 0.503. The van der Waals surface area contributed by atoms with E-state index in [0.717, 1.165) is 16.3 Å². The molecule has 2 aromatic rings. The highest BCUT2D eigenvalue weighted by atomic mass is 35.5. The van der Waals surface area contributed by atoms with E-state index >= 15 is 0 Å². The lowest BCUT2D eigenvalue weighted by Gasteiger charge is -2.04. The summed E-state index contributed by atoms with van der Waals surface area (Å²) in [6.45, 7) is 2.18. The predicted octanol–water partition coefficient (Wildman–Crippen LogP) is 4.69. The number of thioether (sulfide) groups is 1. The first-order chi connectivity index (χ1) is 8.79. The SMILES string of the molecule is CCCCSc1cc(Cl)nc(-c2ccccc2)n1. The zero-order valence-electron chi connectivity index (χ0n) is 10.3. The van der Waals surface area contributed by atoms with E-state index in [1.54, 1.807) is 11.8 Å². The third-order valence-electron chi connectivity index (χ3n) is 2.45. The van der Waals surface area contributed by atoms with Gasteiger partial charge in [0.15, 0.2) is 5.82 Å². The highest BCUT2D eigenvalue weighted by Gasteiger charge is 2.05. The molecular weight excluding hydrogens is 264 g/mol. The molecule has 0 aliphatic rings. The van der Waals surface area contributed by atoms with Crippen LogP contribution in [-0.2, 0) is 0 Å². The number of hydrogen-bond donors (Lipinski definition) is 0. The van der Waals surface area contributed by atoms with E-state index in [2.05, 4.69) is 16.9 Å². The molecule has 0 N–H and O–H groups in total. The molecule has 0 atom stereocenters. The Morgan fingerprint density at radius 1 is 1.17 bits per heavy atom. The molecule has 4 heteroatoms. The van der Waals surface area contributed by atoms with Crippen molar-refractivity contribution in [3.8, 4) is 11.4 Å². The lowest BCUT2D eigenvalue weighted by Crippen LogP contribution is -1.92. The summed E-state index contributed by atoms with van der Waals surface area (Å²) in [4.78, 5) is 8.82. The Morgan fingerprint density at radius 2 is 1.94 bits per heavy atom. The molecule has 1 aromatic carbocycles. The average molecular weight is 279 g/mol. The molecule has 0 saturated heterocycles. The van der Waals surface area contributed by atoms with Crippen LogP contribution in [0.15, 0.2) is 41.4 Å². The number of benzene rings is 1. The third kappa shape index (κ3) is 3.72. The molecule has 18 heavy (non-hydrogen) atoms. The van der Waals surface area contributed by atoms with Gasteiger partial charge in [-0.05, 0) is 12.2 Å². The summed E-state index contributed by atoms with van der Waals surface area (Å²) in [7, 11) is 0. The van der Waals surface area contributed by atoms with Gasteiger partial charge in [0.25, 0.3) is 0 Å². The van der Waals surface area contributed by atoms with Crippen molar-refractivity contribution in [1.29, 1.82) is 0 Å². The van der Waals surface area contributed by atoms with Crippen molar-refractivity contribution in [3.63, 3.8) is 0 Å². The number of hydrogen-bond acceptors (Lipinski definition) is 3. The van der Waals surface area contributed by atoms with Gasteiger partial charge in [0.2, 0.25) is 0 Å². The number of unbranched alkanes of at least 4 members (excludes halogenated alkanes) is 1. The number of rotatable bonds is 5. The highest BCUT2D eigenvalue weighted by Crippen LogP contribution is 2.24. The number of halogens is 1. The maximum atomic E-state index is 6.05. The lowest BCUT2D eigenvalue weighted by molar-refractivity contribution is 0.894. The zero-order valence-corrected chi connectivity index (χ0v) is 11.8. The van der Waals surface area contributed by atoms with Crippen molar-refractivity contribution < 1.29 is 0 Å². The van der Waals surface area contributed by atoms with Crippen LogP contribution >= 0.6 is 23.4 Å². The van der Waals surface area contributed by atoms with Gasteiger partial charge in [-0.1, -0.05) is 55.3 Å². The molecule has 0 aliphatic heterocycles. The van der Waals surface area contributed by atoms with Crippen molar-refractivity contribution in [2.24, 2.45) is 0 Å². The van der Waals surface area contributed by atoms with Crippen molar-refractivity contribution >= 4 is 23.4 Å². The molecule has 1 heterocycles. The quantitative estimate of drug-likeness (QED) is 0.451. The zero-order chi connectivity index (χ0) is 12.8. The van der Waals surface area contributed by atoms with Gasteiger partial charge in [-0.2, -0.15) is 0 Å². The Labute approximate surface area is 117 Å². The van der Waals surface area contributed by atoms with Crippen LogP contribution in [0.5, 0.6) is 0 Å². The number of aromatic nitrogens is 2. The summed E-state index contributed by atoms with van der Waals surface area (Å²) >= 11 is 7.78. The van der Waals surface area contributed by atoms with Crippen LogP contribution in [0, 0.1) is 0 Å². The second kappa shape index (κ2) is 6.76. The van der Waals surface area contributed by atoms with E-state index in [0.29, 0.717) is 11.0 Å². The van der Waals surface area contributed by atoms with Gasteiger partial charge in [-0.15, -0.1) is 11.8 Å². The Morgan fingerprint density at radius 3 is 2.67 bits per heavy atom. The Kier molecular flexibility index (Phi) is 5.02. The van der Waals surface area contributed by atoms with E-state index in [4.69, 9.17) is 11.6 Å². The van der Waals surface area contributed by atoms with Crippen LogP contribution in [0.4, 0.5) is 0 Å². The summed E-state index contributed by atoms with van der Waals surface area (Å²) in [6.07, 6.45) is 2.38. The molecule has 0 amide bonds. The maximum absolute atomic E-state index is 6.05. The summed E-state index contributed by atoms with van der Waals surface area (Å²) in [5, 5.41) is 1.45.